The predicted molar refractivity (Wildman–Crippen MR) is 107 cm³/mol. The molecule has 0 atom stereocenters. The minimum absolute atomic E-state index is 0.361. The molecular weight excluding hydrogens is 386 g/mol. The number of aryl methyl sites for hydroxylation is 2. The van der Waals surface area contributed by atoms with Crippen LogP contribution in [-0.4, -0.2) is 11.8 Å². The van der Waals surface area contributed by atoms with E-state index in [-0.39, 0.29) is 0 Å². The van der Waals surface area contributed by atoms with Crippen molar-refractivity contribution >= 4 is 39.0 Å². The molecule has 0 bridgehead atoms. The topological polar surface area (TPSA) is 30.5 Å². The third-order valence-electron chi connectivity index (χ3n) is 3.65. The summed E-state index contributed by atoms with van der Waals surface area (Å²) in [6.45, 7) is 7.09. The molecule has 0 spiro atoms. The van der Waals surface area contributed by atoms with Gasteiger partial charge in [0.2, 0.25) is 0 Å². The van der Waals surface area contributed by atoms with E-state index in [2.05, 4.69) is 47.2 Å². The largest absolute Gasteiger partial charge is 0.489 e. The van der Waals surface area contributed by atoms with Crippen LogP contribution < -0.4 is 10.1 Å². The van der Waals surface area contributed by atoms with Gasteiger partial charge >= 0.3 is 0 Å². The highest BCUT2D eigenvalue weighted by Gasteiger charge is 2.10. The van der Waals surface area contributed by atoms with Gasteiger partial charge < -0.3 is 14.8 Å². The second kappa shape index (κ2) is 9.04. The van der Waals surface area contributed by atoms with Crippen LogP contribution in [0.1, 0.15) is 30.5 Å². The number of nitrogens with one attached hydrogen (secondary N) is 1. The number of benzene rings is 2. The first-order valence-electron chi connectivity index (χ1n) is 7.98. The Bertz CT molecular complexity index is 719. The van der Waals surface area contributed by atoms with E-state index in [9.17, 15) is 0 Å². The Balaban J connectivity index is 2.16. The van der Waals surface area contributed by atoms with Gasteiger partial charge in [0, 0.05) is 15.7 Å². The summed E-state index contributed by atoms with van der Waals surface area (Å²) in [7, 11) is 0. The second-order valence-corrected chi connectivity index (χ2v) is 6.58. The molecule has 1 N–H and O–H groups in total. The highest BCUT2D eigenvalue weighted by Crippen LogP contribution is 2.28. The Morgan fingerprint density at radius 1 is 1.21 bits per heavy atom. The summed E-state index contributed by atoms with van der Waals surface area (Å²) < 4.78 is 12.3. The van der Waals surface area contributed by atoms with Gasteiger partial charge in [0.15, 0.2) is 0 Å². The molecule has 0 fully saturated rings. The fourth-order valence-corrected chi connectivity index (χ4v) is 3.05. The first-order chi connectivity index (χ1) is 11.5. The van der Waals surface area contributed by atoms with Gasteiger partial charge in [-0.25, -0.2) is 0 Å². The van der Waals surface area contributed by atoms with Crippen molar-refractivity contribution in [3.05, 3.63) is 57.6 Å². The first-order valence-corrected chi connectivity index (χ1v) is 9.18. The second-order valence-electron chi connectivity index (χ2n) is 5.35. The number of ether oxygens (including phenoxy) is 2. The zero-order chi connectivity index (χ0) is 17.5. The summed E-state index contributed by atoms with van der Waals surface area (Å²) >= 11 is 8.76. The van der Waals surface area contributed by atoms with Crippen molar-refractivity contribution in [3.63, 3.8) is 0 Å². The smallest absolute Gasteiger partial charge is 0.261 e. The van der Waals surface area contributed by atoms with Crippen LogP contribution in [0, 0.1) is 6.92 Å². The molecular formula is C19H22BrNO2S. The Morgan fingerprint density at radius 3 is 2.67 bits per heavy atom. The van der Waals surface area contributed by atoms with E-state index in [1.807, 2.05) is 31.2 Å². The summed E-state index contributed by atoms with van der Waals surface area (Å²) in [5.41, 5.74) is 4.33. The maximum Gasteiger partial charge on any atom is 0.261 e. The van der Waals surface area contributed by atoms with E-state index in [1.165, 1.54) is 5.56 Å². The normalized spacial score (nSPS) is 10.3. The van der Waals surface area contributed by atoms with Crippen molar-refractivity contribution in [2.24, 2.45) is 0 Å². The Labute approximate surface area is 157 Å². The molecule has 2 aromatic rings. The Kier molecular flexibility index (Phi) is 7.06. The maximum atomic E-state index is 6.03. The number of rotatable bonds is 6. The molecule has 0 unspecified atom stereocenters. The monoisotopic (exact) mass is 407 g/mol. The van der Waals surface area contributed by atoms with Crippen LogP contribution in [-0.2, 0) is 17.8 Å². The zero-order valence-electron chi connectivity index (χ0n) is 14.2. The van der Waals surface area contributed by atoms with Gasteiger partial charge in [-0.1, -0.05) is 41.1 Å². The van der Waals surface area contributed by atoms with E-state index in [4.69, 9.17) is 21.7 Å². The maximum absolute atomic E-state index is 6.03. The number of anilines is 1. The minimum Gasteiger partial charge on any atom is -0.489 e. The van der Waals surface area contributed by atoms with Gasteiger partial charge in [0.05, 0.1) is 6.61 Å². The summed E-state index contributed by atoms with van der Waals surface area (Å²) in [5.74, 6) is 0.890. The van der Waals surface area contributed by atoms with E-state index in [0.29, 0.717) is 18.4 Å². The van der Waals surface area contributed by atoms with E-state index in [0.717, 1.165) is 33.5 Å². The van der Waals surface area contributed by atoms with Crippen LogP contribution in [0.5, 0.6) is 5.75 Å². The van der Waals surface area contributed by atoms with Crippen molar-refractivity contribution in [3.8, 4) is 5.75 Å². The van der Waals surface area contributed by atoms with Gasteiger partial charge in [-0.3, -0.25) is 0 Å². The van der Waals surface area contributed by atoms with Gasteiger partial charge in [0.1, 0.15) is 12.4 Å². The molecule has 0 amide bonds. The van der Waals surface area contributed by atoms with Crippen molar-refractivity contribution in [1.29, 1.82) is 0 Å². The van der Waals surface area contributed by atoms with E-state index in [1.54, 1.807) is 0 Å². The lowest BCUT2D eigenvalue weighted by Gasteiger charge is -2.16. The minimum atomic E-state index is 0.361. The highest BCUT2D eigenvalue weighted by molar-refractivity contribution is 9.10. The lowest BCUT2D eigenvalue weighted by Crippen LogP contribution is -2.15. The Hall–Kier alpha value is -1.59. The molecule has 5 heteroatoms. The van der Waals surface area contributed by atoms with Crippen molar-refractivity contribution < 1.29 is 9.47 Å². The first kappa shape index (κ1) is 18.7. The van der Waals surface area contributed by atoms with Gasteiger partial charge in [-0.15, -0.1) is 0 Å². The lowest BCUT2D eigenvalue weighted by molar-refractivity contribution is 0.303. The highest BCUT2D eigenvalue weighted by atomic mass is 79.9. The molecule has 24 heavy (non-hydrogen) atoms. The lowest BCUT2D eigenvalue weighted by atomic mass is 10.1. The fourth-order valence-electron chi connectivity index (χ4n) is 2.34. The Morgan fingerprint density at radius 2 is 2.00 bits per heavy atom. The summed E-state index contributed by atoms with van der Waals surface area (Å²) in [5, 5.41) is 3.48. The molecule has 0 aliphatic heterocycles. The van der Waals surface area contributed by atoms with Crippen molar-refractivity contribution in [2.45, 2.75) is 33.8 Å². The van der Waals surface area contributed by atoms with Crippen LogP contribution in [0.25, 0.3) is 0 Å². The molecule has 2 rings (SSSR count). The van der Waals surface area contributed by atoms with Crippen molar-refractivity contribution in [2.75, 3.05) is 11.9 Å². The van der Waals surface area contributed by atoms with Crippen molar-refractivity contribution in [1.82, 2.24) is 0 Å². The molecule has 0 aliphatic carbocycles. The fraction of sp³-hybridized carbons (Fsp3) is 0.316. The number of thiocarbonyl (C=S) groups is 1. The van der Waals surface area contributed by atoms with E-state index < -0.39 is 0 Å². The third kappa shape index (κ3) is 4.95. The van der Waals surface area contributed by atoms with Crippen LogP contribution in [0.3, 0.4) is 0 Å². The van der Waals surface area contributed by atoms with Crippen LogP contribution in [0.2, 0.25) is 0 Å². The molecule has 2 aromatic carbocycles. The summed E-state index contributed by atoms with van der Waals surface area (Å²) in [6, 6.07) is 12.2. The standard InChI is InChI=1S/C19H22BrNO2S/c1-4-14-9-10-18(13(3)11-14)23-12-15-16(20)7-6-8-17(15)21-19(24)22-5-2/h6-11H,4-5,12H2,1-3H3,(H,21,24). The third-order valence-corrected chi connectivity index (χ3v) is 4.61. The average Bonchev–Trinajstić information content (AvgIpc) is 2.55. The van der Waals surface area contributed by atoms with Crippen LogP contribution >= 0.6 is 28.1 Å². The number of halogens is 1. The zero-order valence-corrected chi connectivity index (χ0v) is 16.6. The van der Waals surface area contributed by atoms with Crippen LogP contribution in [0.4, 0.5) is 5.69 Å². The van der Waals surface area contributed by atoms with Gasteiger partial charge in [-0.2, -0.15) is 0 Å². The van der Waals surface area contributed by atoms with Crippen LogP contribution in [0.15, 0.2) is 40.9 Å². The SMILES string of the molecule is CCOC(=S)Nc1cccc(Br)c1COc1ccc(CC)cc1C. The molecule has 0 radical (unpaired) electrons. The molecule has 128 valence electrons. The number of hydrogen-bond acceptors (Lipinski definition) is 3. The number of hydrogen-bond donors (Lipinski definition) is 1. The molecule has 0 saturated carbocycles. The molecule has 3 nitrogen and oxygen atoms in total. The predicted octanol–water partition coefficient (Wildman–Crippen LogP) is 5.63. The quantitative estimate of drug-likeness (QED) is 0.628. The van der Waals surface area contributed by atoms with Gasteiger partial charge in [0.25, 0.3) is 5.17 Å². The molecule has 0 aromatic heterocycles. The summed E-state index contributed by atoms with van der Waals surface area (Å²) in [6.07, 6.45) is 1.02. The molecule has 0 aliphatic rings. The molecule has 0 heterocycles. The van der Waals surface area contributed by atoms with Gasteiger partial charge in [-0.05, 0) is 61.8 Å². The van der Waals surface area contributed by atoms with E-state index >= 15 is 0 Å². The molecule has 0 saturated heterocycles. The average molecular weight is 408 g/mol. The summed E-state index contributed by atoms with van der Waals surface area (Å²) in [4.78, 5) is 0.